The van der Waals surface area contributed by atoms with Crippen LogP contribution >= 0.6 is 27.5 Å². The van der Waals surface area contributed by atoms with E-state index < -0.39 is 28.5 Å². The van der Waals surface area contributed by atoms with Crippen molar-refractivity contribution in [3.63, 3.8) is 0 Å². The minimum absolute atomic E-state index is 0.0549. The van der Waals surface area contributed by atoms with E-state index in [1.165, 1.54) is 4.90 Å². The predicted octanol–water partition coefficient (Wildman–Crippen LogP) is 4.51. The number of carbonyl (C=O) groups excluding carboxylic acids is 2. The number of hydrogen-bond donors (Lipinski definition) is 1. The van der Waals surface area contributed by atoms with Gasteiger partial charge in [0, 0.05) is 22.1 Å². The van der Waals surface area contributed by atoms with Gasteiger partial charge in [0.15, 0.2) is 0 Å². The fraction of sp³-hybridized carbons (Fsp3) is 0.417. The first kappa shape index (κ1) is 28.1. The first-order valence-electron chi connectivity index (χ1n) is 10.9. The molecule has 0 radical (unpaired) electrons. The van der Waals surface area contributed by atoms with E-state index in [-0.39, 0.29) is 18.5 Å². The van der Waals surface area contributed by atoms with E-state index in [2.05, 4.69) is 21.2 Å². The molecule has 2 aromatic carbocycles. The summed E-state index contributed by atoms with van der Waals surface area (Å²) >= 11 is 9.39. The fourth-order valence-corrected chi connectivity index (χ4v) is 4.45. The van der Waals surface area contributed by atoms with Gasteiger partial charge in [-0.05, 0) is 68.7 Å². The summed E-state index contributed by atoms with van der Waals surface area (Å²) in [5, 5.41) is 3.45. The number of nitrogens with one attached hydrogen (secondary N) is 1. The highest BCUT2D eigenvalue weighted by molar-refractivity contribution is 9.10. The highest BCUT2D eigenvalue weighted by Gasteiger charge is 2.30. The number of aryl methyl sites for hydroxylation is 1. The van der Waals surface area contributed by atoms with Crippen LogP contribution < -0.4 is 9.62 Å². The minimum atomic E-state index is -3.77. The van der Waals surface area contributed by atoms with Crippen molar-refractivity contribution >= 4 is 55.1 Å². The Hall–Kier alpha value is -2.10. The number of rotatable bonds is 10. The van der Waals surface area contributed by atoms with Crippen molar-refractivity contribution < 1.29 is 18.0 Å². The minimum Gasteiger partial charge on any atom is -0.352 e. The van der Waals surface area contributed by atoms with E-state index >= 15 is 0 Å². The van der Waals surface area contributed by atoms with Gasteiger partial charge >= 0.3 is 0 Å². The normalized spacial score (nSPS) is 13.1. The van der Waals surface area contributed by atoms with Crippen molar-refractivity contribution in [2.24, 2.45) is 0 Å². The molecule has 0 aromatic heterocycles. The number of benzene rings is 2. The summed E-state index contributed by atoms with van der Waals surface area (Å²) in [6.45, 7) is 7.01. The van der Waals surface area contributed by atoms with E-state index in [1.807, 2.05) is 20.8 Å². The second-order valence-corrected chi connectivity index (χ2v) is 11.5. The Balaban J connectivity index is 2.39. The molecule has 0 bridgehead atoms. The van der Waals surface area contributed by atoms with Gasteiger partial charge in [-0.3, -0.25) is 13.9 Å². The predicted molar refractivity (Wildman–Crippen MR) is 140 cm³/mol. The van der Waals surface area contributed by atoms with Crippen LogP contribution in [-0.2, 0) is 26.2 Å². The van der Waals surface area contributed by atoms with Gasteiger partial charge in [0.05, 0.1) is 11.9 Å². The Morgan fingerprint density at radius 1 is 1.12 bits per heavy atom. The highest BCUT2D eigenvalue weighted by Crippen LogP contribution is 2.25. The van der Waals surface area contributed by atoms with Crippen LogP contribution in [0, 0.1) is 6.92 Å². The van der Waals surface area contributed by atoms with Crippen LogP contribution in [0.2, 0.25) is 5.02 Å². The SMILES string of the molecule is CC[C@@H](C)NC(=O)[C@@H](C)N(Cc1ccc(Cl)cc1)C(=O)CN(c1ccc(Br)c(C)c1)S(C)(=O)=O. The van der Waals surface area contributed by atoms with Crippen molar-refractivity contribution in [1.29, 1.82) is 0 Å². The molecule has 10 heteroatoms. The molecule has 0 aliphatic heterocycles. The third-order valence-corrected chi connectivity index (χ3v) is 7.83. The molecule has 2 aromatic rings. The lowest BCUT2D eigenvalue weighted by molar-refractivity contribution is -0.139. The third-order valence-electron chi connectivity index (χ3n) is 5.54. The Morgan fingerprint density at radius 3 is 2.26 bits per heavy atom. The maximum Gasteiger partial charge on any atom is 0.244 e. The van der Waals surface area contributed by atoms with Crippen molar-refractivity contribution in [3.05, 3.63) is 63.1 Å². The van der Waals surface area contributed by atoms with Crippen LogP contribution in [-0.4, -0.2) is 50.0 Å². The molecule has 0 aliphatic carbocycles. The summed E-state index contributed by atoms with van der Waals surface area (Å²) in [6, 6.07) is 11.2. The van der Waals surface area contributed by atoms with Gasteiger partial charge in [-0.1, -0.05) is 46.6 Å². The molecule has 7 nitrogen and oxygen atoms in total. The molecule has 0 spiro atoms. The van der Waals surface area contributed by atoms with Crippen LogP contribution in [0.5, 0.6) is 0 Å². The van der Waals surface area contributed by atoms with Gasteiger partial charge < -0.3 is 10.2 Å². The standard InChI is InChI=1S/C24H31BrClN3O4S/c1-6-17(3)27-24(31)18(4)28(14-19-7-9-20(26)10-8-19)23(30)15-29(34(5,32)33)21-11-12-22(25)16(2)13-21/h7-13,17-18H,6,14-15H2,1-5H3,(H,27,31)/t17-,18-/m1/s1. The van der Waals surface area contributed by atoms with E-state index in [0.29, 0.717) is 10.7 Å². The molecular weight excluding hydrogens is 542 g/mol. The first-order valence-corrected chi connectivity index (χ1v) is 13.9. The molecule has 0 unspecified atom stereocenters. The van der Waals surface area contributed by atoms with E-state index in [4.69, 9.17) is 11.6 Å². The van der Waals surface area contributed by atoms with Gasteiger partial charge in [0.2, 0.25) is 21.8 Å². The molecule has 0 saturated carbocycles. The zero-order valence-electron chi connectivity index (χ0n) is 20.0. The van der Waals surface area contributed by atoms with Crippen LogP contribution in [0.3, 0.4) is 0 Å². The number of nitrogens with zero attached hydrogens (tertiary/aromatic N) is 2. The molecule has 0 heterocycles. The Kier molecular flexibility index (Phi) is 9.96. The molecule has 34 heavy (non-hydrogen) atoms. The molecule has 2 amide bonds. The maximum atomic E-state index is 13.5. The Labute approximate surface area is 215 Å². The Bertz CT molecular complexity index is 1130. The van der Waals surface area contributed by atoms with Gasteiger partial charge in [-0.2, -0.15) is 0 Å². The monoisotopic (exact) mass is 571 g/mol. The zero-order valence-corrected chi connectivity index (χ0v) is 23.2. The van der Waals surface area contributed by atoms with Crippen molar-refractivity contribution in [1.82, 2.24) is 10.2 Å². The van der Waals surface area contributed by atoms with Crippen molar-refractivity contribution in [2.45, 2.75) is 52.7 Å². The van der Waals surface area contributed by atoms with E-state index in [9.17, 15) is 18.0 Å². The number of hydrogen-bond acceptors (Lipinski definition) is 4. The lowest BCUT2D eigenvalue weighted by Crippen LogP contribution is -2.52. The van der Waals surface area contributed by atoms with Gasteiger partial charge in [0.25, 0.3) is 0 Å². The maximum absolute atomic E-state index is 13.5. The summed E-state index contributed by atoms with van der Waals surface area (Å²) in [5.41, 5.74) is 1.98. The lowest BCUT2D eigenvalue weighted by atomic mass is 10.1. The summed E-state index contributed by atoms with van der Waals surface area (Å²) in [6.07, 6.45) is 1.80. The van der Waals surface area contributed by atoms with Crippen LogP contribution in [0.4, 0.5) is 5.69 Å². The molecule has 1 N–H and O–H groups in total. The van der Waals surface area contributed by atoms with Gasteiger partial charge in [-0.15, -0.1) is 0 Å². The third kappa shape index (κ3) is 7.71. The molecule has 0 saturated heterocycles. The Morgan fingerprint density at radius 2 is 1.74 bits per heavy atom. The first-order chi connectivity index (χ1) is 15.8. The summed E-state index contributed by atoms with van der Waals surface area (Å²) in [5.74, 6) is -0.796. The zero-order chi connectivity index (χ0) is 25.6. The number of sulfonamides is 1. The fourth-order valence-electron chi connectivity index (χ4n) is 3.23. The largest absolute Gasteiger partial charge is 0.352 e. The second-order valence-electron chi connectivity index (χ2n) is 8.35. The van der Waals surface area contributed by atoms with Crippen LogP contribution in [0.15, 0.2) is 46.9 Å². The van der Waals surface area contributed by atoms with Gasteiger partial charge in [-0.25, -0.2) is 8.42 Å². The smallest absolute Gasteiger partial charge is 0.244 e. The number of carbonyl (C=O) groups is 2. The second kappa shape index (κ2) is 12.0. The molecule has 0 aliphatic rings. The summed E-state index contributed by atoms with van der Waals surface area (Å²) in [4.78, 5) is 27.8. The average molecular weight is 573 g/mol. The number of anilines is 1. The number of halogens is 2. The molecule has 2 atom stereocenters. The summed E-state index contributed by atoms with van der Waals surface area (Å²) < 4.78 is 27.1. The molecular formula is C24H31BrClN3O4S. The van der Waals surface area contributed by atoms with Gasteiger partial charge in [0.1, 0.15) is 12.6 Å². The van der Waals surface area contributed by atoms with E-state index in [1.54, 1.807) is 49.4 Å². The summed E-state index contributed by atoms with van der Waals surface area (Å²) in [7, 11) is -3.77. The van der Waals surface area contributed by atoms with Crippen LogP contribution in [0.1, 0.15) is 38.3 Å². The lowest BCUT2D eigenvalue weighted by Gasteiger charge is -2.32. The quantitative estimate of drug-likeness (QED) is 0.454. The molecule has 186 valence electrons. The average Bonchev–Trinajstić information content (AvgIpc) is 2.77. The number of amides is 2. The van der Waals surface area contributed by atoms with E-state index in [0.717, 1.165) is 32.6 Å². The topological polar surface area (TPSA) is 86.8 Å². The van der Waals surface area contributed by atoms with Crippen molar-refractivity contribution in [3.8, 4) is 0 Å². The van der Waals surface area contributed by atoms with Crippen LogP contribution in [0.25, 0.3) is 0 Å². The molecule has 0 fully saturated rings. The van der Waals surface area contributed by atoms with Crippen molar-refractivity contribution in [2.75, 3.05) is 17.1 Å². The highest BCUT2D eigenvalue weighted by atomic mass is 79.9. The molecule has 2 rings (SSSR count).